The zero-order valence-electron chi connectivity index (χ0n) is 15.7. The molecule has 2 aromatic carbocycles. The highest BCUT2D eigenvalue weighted by Gasteiger charge is 2.35. The van der Waals surface area contributed by atoms with Gasteiger partial charge in [0.2, 0.25) is 0 Å². The van der Waals surface area contributed by atoms with Crippen LogP contribution in [0.25, 0.3) is 6.08 Å². The summed E-state index contributed by atoms with van der Waals surface area (Å²) < 4.78 is 10.5. The summed E-state index contributed by atoms with van der Waals surface area (Å²) in [6.07, 6.45) is 1.57. The number of carbonyl (C=O) groups excluding carboxylic acids is 3. The molecule has 7 nitrogen and oxygen atoms in total. The highest BCUT2D eigenvalue weighted by molar-refractivity contribution is 8.18. The molecule has 0 saturated carbocycles. The van der Waals surface area contributed by atoms with Gasteiger partial charge in [-0.3, -0.25) is 19.3 Å². The molecule has 156 valence electrons. The van der Waals surface area contributed by atoms with Gasteiger partial charge in [-0.2, -0.15) is 0 Å². The number of nitrogens with zero attached hydrogens (tertiary/aromatic N) is 1. The van der Waals surface area contributed by atoms with Gasteiger partial charge in [-0.15, -0.1) is 0 Å². The molecular weight excluding hydrogens is 451 g/mol. The first-order valence-corrected chi connectivity index (χ1v) is 10.1. The van der Waals surface area contributed by atoms with Crippen LogP contribution in [0.4, 0.5) is 4.79 Å². The summed E-state index contributed by atoms with van der Waals surface area (Å²) in [5.41, 5.74) is 6.19. The van der Waals surface area contributed by atoms with Crippen molar-refractivity contribution in [3.8, 4) is 11.5 Å². The summed E-state index contributed by atoms with van der Waals surface area (Å²) in [7, 11) is 1.44. The second-order valence-electron chi connectivity index (χ2n) is 6.13. The Balaban J connectivity index is 1.82. The summed E-state index contributed by atoms with van der Waals surface area (Å²) in [5.74, 6) is -0.385. The number of benzene rings is 2. The number of halogens is 2. The first-order valence-electron chi connectivity index (χ1n) is 8.57. The Morgan fingerprint density at radius 3 is 2.50 bits per heavy atom. The zero-order chi connectivity index (χ0) is 21.8. The quantitative estimate of drug-likeness (QED) is 0.616. The van der Waals surface area contributed by atoms with E-state index < -0.39 is 17.1 Å². The van der Waals surface area contributed by atoms with Crippen molar-refractivity contribution in [2.24, 2.45) is 5.73 Å². The maximum atomic E-state index is 12.8. The van der Waals surface area contributed by atoms with Gasteiger partial charge in [0.1, 0.15) is 0 Å². The smallest absolute Gasteiger partial charge is 0.293 e. The molecule has 1 heterocycles. The van der Waals surface area contributed by atoms with E-state index >= 15 is 0 Å². The lowest BCUT2D eigenvalue weighted by Crippen LogP contribution is -2.27. The number of amides is 3. The number of methoxy groups -OCH3 is 1. The first kappa shape index (κ1) is 22.0. The number of nitrogens with two attached hydrogens (primary N) is 1. The molecule has 2 N–H and O–H groups in total. The highest BCUT2D eigenvalue weighted by Crippen LogP contribution is 2.36. The number of rotatable bonds is 7. The van der Waals surface area contributed by atoms with E-state index in [0.29, 0.717) is 32.7 Å². The Kier molecular flexibility index (Phi) is 6.91. The molecule has 30 heavy (non-hydrogen) atoms. The fourth-order valence-electron chi connectivity index (χ4n) is 2.67. The Morgan fingerprint density at radius 1 is 1.17 bits per heavy atom. The van der Waals surface area contributed by atoms with Crippen LogP contribution in [-0.4, -0.2) is 35.7 Å². The van der Waals surface area contributed by atoms with E-state index in [1.165, 1.54) is 7.11 Å². The average molecular weight is 467 g/mol. The molecule has 0 radical (unpaired) electrons. The minimum atomic E-state index is -0.617. The summed E-state index contributed by atoms with van der Waals surface area (Å²) in [4.78, 5) is 37.4. The number of hydrogen-bond donors (Lipinski definition) is 1. The monoisotopic (exact) mass is 466 g/mol. The van der Waals surface area contributed by atoms with Crippen LogP contribution in [0, 0.1) is 0 Å². The average Bonchev–Trinajstić information content (AvgIpc) is 2.96. The molecule has 0 aromatic heterocycles. The van der Waals surface area contributed by atoms with Gasteiger partial charge in [-0.25, -0.2) is 0 Å². The normalized spacial score (nSPS) is 15.0. The minimum Gasteiger partial charge on any atom is -0.493 e. The van der Waals surface area contributed by atoms with Crippen LogP contribution in [0.5, 0.6) is 11.5 Å². The Hall–Kier alpha value is -2.68. The van der Waals surface area contributed by atoms with E-state index in [2.05, 4.69) is 0 Å². The third-order valence-corrected chi connectivity index (χ3v) is 5.72. The maximum absolute atomic E-state index is 12.8. The van der Waals surface area contributed by atoms with Crippen molar-refractivity contribution in [1.29, 1.82) is 0 Å². The number of imide groups is 1. The molecule has 1 aliphatic heterocycles. The second-order valence-corrected chi connectivity index (χ2v) is 7.94. The van der Waals surface area contributed by atoms with Crippen molar-refractivity contribution >= 4 is 58.1 Å². The number of thioether (sulfide) groups is 1. The van der Waals surface area contributed by atoms with E-state index in [9.17, 15) is 14.4 Å². The second kappa shape index (κ2) is 9.42. The van der Waals surface area contributed by atoms with Gasteiger partial charge in [-0.1, -0.05) is 35.3 Å². The molecule has 1 saturated heterocycles. The number of ether oxygens (including phenoxy) is 2. The third-order valence-electron chi connectivity index (χ3n) is 4.11. The van der Waals surface area contributed by atoms with Gasteiger partial charge in [0, 0.05) is 15.6 Å². The third kappa shape index (κ3) is 4.89. The van der Waals surface area contributed by atoms with Crippen LogP contribution < -0.4 is 15.2 Å². The van der Waals surface area contributed by atoms with Gasteiger partial charge in [-0.05, 0) is 47.7 Å². The SMILES string of the molecule is COc1cc(/C=C2\SC(=O)N(Cc3c(Cl)cccc3Cl)C2=O)ccc1OCC(N)=O. The molecular formula is C20H16Cl2N2O5S. The Labute approximate surface area is 186 Å². The predicted octanol–water partition coefficient (Wildman–Crippen LogP) is 4.10. The lowest BCUT2D eigenvalue weighted by molar-refractivity contribution is -0.123. The number of primary amides is 1. The van der Waals surface area contributed by atoms with Gasteiger partial charge in [0.15, 0.2) is 18.1 Å². The van der Waals surface area contributed by atoms with Crippen LogP contribution in [0.15, 0.2) is 41.3 Å². The van der Waals surface area contributed by atoms with Gasteiger partial charge in [0.05, 0.1) is 18.6 Å². The molecule has 0 spiro atoms. The molecule has 0 bridgehead atoms. The van der Waals surface area contributed by atoms with E-state index in [0.717, 1.165) is 16.7 Å². The molecule has 0 atom stereocenters. The van der Waals surface area contributed by atoms with Gasteiger partial charge in [0.25, 0.3) is 17.1 Å². The zero-order valence-corrected chi connectivity index (χ0v) is 18.0. The van der Waals surface area contributed by atoms with Gasteiger partial charge < -0.3 is 15.2 Å². The maximum Gasteiger partial charge on any atom is 0.293 e. The molecule has 0 aliphatic carbocycles. The number of carbonyl (C=O) groups is 3. The van der Waals surface area contributed by atoms with Crippen LogP contribution in [0.1, 0.15) is 11.1 Å². The van der Waals surface area contributed by atoms with Crippen LogP contribution >= 0.6 is 35.0 Å². The molecule has 3 rings (SSSR count). The summed E-state index contributed by atoms with van der Waals surface area (Å²) in [5, 5.41) is 0.333. The van der Waals surface area contributed by atoms with E-state index in [1.54, 1.807) is 42.5 Å². The van der Waals surface area contributed by atoms with Crippen molar-refractivity contribution in [2.75, 3.05) is 13.7 Å². The highest BCUT2D eigenvalue weighted by atomic mass is 35.5. The number of hydrogen-bond acceptors (Lipinski definition) is 6. The van der Waals surface area contributed by atoms with Gasteiger partial charge >= 0.3 is 0 Å². The van der Waals surface area contributed by atoms with E-state index in [4.69, 9.17) is 38.4 Å². The van der Waals surface area contributed by atoms with Crippen molar-refractivity contribution in [3.05, 3.63) is 62.5 Å². The summed E-state index contributed by atoms with van der Waals surface area (Å²) in [6.45, 7) is -0.317. The van der Waals surface area contributed by atoms with Crippen molar-refractivity contribution in [3.63, 3.8) is 0 Å². The van der Waals surface area contributed by atoms with Crippen molar-refractivity contribution in [2.45, 2.75) is 6.54 Å². The van der Waals surface area contributed by atoms with E-state index in [-0.39, 0.29) is 18.1 Å². The molecule has 1 fully saturated rings. The predicted molar refractivity (Wildman–Crippen MR) is 116 cm³/mol. The fraction of sp³-hybridized carbons (Fsp3) is 0.150. The molecule has 3 amide bonds. The Bertz CT molecular complexity index is 1040. The van der Waals surface area contributed by atoms with Crippen LogP contribution in [0.3, 0.4) is 0 Å². The molecule has 10 heteroatoms. The Morgan fingerprint density at radius 2 is 1.87 bits per heavy atom. The van der Waals surface area contributed by atoms with Crippen LogP contribution in [-0.2, 0) is 16.1 Å². The van der Waals surface area contributed by atoms with Crippen molar-refractivity contribution < 1.29 is 23.9 Å². The lowest BCUT2D eigenvalue weighted by Gasteiger charge is -2.14. The topological polar surface area (TPSA) is 98.9 Å². The molecule has 1 aliphatic rings. The molecule has 2 aromatic rings. The standard InChI is InChI=1S/C20H16Cl2N2O5S/c1-28-16-7-11(5-6-15(16)29-10-18(23)25)8-17-19(26)24(20(27)30-17)9-12-13(21)3-2-4-14(12)22/h2-8H,9-10H2,1H3,(H2,23,25)/b17-8-. The largest absolute Gasteiger partial charge is 0.493 e. The summed E-state index contributed by atoms with van der Waals surface area (Å²) in [6, 6.07) is 9.85. The van der Waals surface area contributed by atoms with Crippen molar-refractivity contribution in [1.82, 2.24) is 4.90 Å². The first-order chi connectivity index (χ1) is 14.3. The van der Waals surface area contributed by atoms with E-state index in [1.807, 2.05) is 0 Å². The lowest BCUT2D eigenvalue weighted by atomic mass is 10.1. The van der Waals surface area contributed by atoms with Crippen LogP contribution in [0.2, 0.25) is 10.0 Å². The molecule has 0 unspecified atom stereocenters. The fourth-order valence-corrected chi connectivity index (χ4v) is 4.03. The minimum absolute atomic E-state index is 0.0241. The summed E-state index contributed by atoms with van der Waals surface area (Å²) >= 11 is 13.1.